The molecule has 6 heteroatoms. The van der Waals surface area contributed by atoms with Crippen LogP contribution in [0.3, 0.4) is 0 Å². The highest BCUT2D eigenvalue weighted by molar-refractivity contribution is 14.1. The van der Waals surface area contributed by atoms with E-state index in [0.29, 0.717) is 25.7 Å². The zero-order valence-corrected chi connectivity index (χ0v) is 12.8. The summed E-state index contributed by atoms with van der Waals surface area (Å²) in [5.41, 5.74) is 1.61. The lowest BCUT2D eigenvalue weighted by Gasteiger charge is -2.09. The van der Waals surface area contributed by atoms with Gasteiger partial charge >= 0.3 is 0 Å². The molecule has 0 radical (unpaired) electrons. The third-order valence-corrected chi connectivity index (χ3v) is 3.58. The Labute approximate surface area is 128 Å². The molecule has 0 saturated heterocycles. The minimum atomic E-state index is -0.370. The second-order valence-corrected chi connectivity index (χ2v) is 5.39. The van der Waals surface area contributed by atoms with E-state index < -0.39 is 0 Å². The molecule has 1 N–H and O–H groups in total. The van der Waals surface area contributed by atoms with Crippen LogP contribution in [0.4, 0.5) is 10.1 Å². The van der Waals surface area contributed by atoms with Gasteiger partial charge in [-0.05, 0) is 59.8 Å². The Bertz CT molecular complexity index is 649. The molecule has 0 aliphatic rings. The number of anilines is 1. The number of amides is 1. The lowest BCUT2D eigenvalue weighted by Crippen LogP contribution is -2.14. The van der Waals surface area contributed by atoms with E-state index in [2.05, 4.69) is 10.3 Å². The Kier molecular flexibility index (Phi) is 4.36. The van der Waals surface area contributed by atoms with Crippen molar-refractivity contribution in [1.82, 2.24) is 4.98 Å². The number of hydrogen-bond donors (Lipinski definition) is 1. The van der Waals surface area contributed by atoms with Crippen LogP contribution >= 0.6 is 34.2 Å². The quantitative estimate of drug-likeness (QED) is 0.621. The number of hydrogen-bond acceptors (Lipinski definition) is 2. The molecular weight excluding hydrogens is 382 g/mol. The molecule has 0 aliphatic carbocycles. The molecule has 0 aliphatic heterocycles. The van der Waals surface area contributed by atoms with Gasteiger partial charge in [-0.3, -0.25) is 4.79 Å². The molecule has 3 nitrogen and oxygen atoms in total. The summed E-state index contributed by atoms with van der Waals surface area (Å²) in [6.07, 6.45) is 0. The first-order chi connectivity index (χ1) is 8.97. The molecule has 1 aromatic heterocycles. The lowest BCUT2D eigenvalue weighted by atomic mass is 10.2. The fraction of sp³-hybridized carbons (Fsp3) is 0.0769. The topological polar surface area (TPSA) is 42.0 Å². The largest absolute Gasteiger partial charge is 0.320 e. The molecule has 0 unspecified atom stereocenters. The summed E-state index contributed by atoms with van der Waals surface area (Å²) in [7, 11) is 0. The molecule has 1 heterocycles. The number of rotatable bonds is 2. The van der Waals surface area contributed by atoms with E-state index in [9.17, 15) is 9.18 Å². The minimum absolute atomic E-state index is 0.309. The molecule has 2 rings (SSSR count). The average molecular weight is 391 g/mol. The molecular formula is C13H9ClFIN2O. The maximum absolute atomic E-state index is 13.0. The van der Waals surface area contributed by atoms with Crippen LogP contribution in [0, 0.1) is 16.3 Å². The normalized spacial score (nSPS) is 10.3. The SMILES string of the molecule is Cc1nc(Cl)ccc1NC(=O)c1ccc(F)cc1I. The fourth-order valence-corrected chi connectivity index (χ4v) is 2.44. The summed E-state index contributed by atoms with van der Waals surface area (Å²) in [4.78, 5) is 16.1. The number of halogens is 3. The van der Waals surface area contributed by atoms with Gasteiger partial charge in [-0.15, -0.1) is 0 Å². The number of aryl methyl sites for hydroxylation is 1. The third-order valence-electron chi connectivity index (χ3n) is 2.48. The zero-order valence-electron chi connectivity index (χ0n) is 9.88. The van der Waals surface area contributed by atoms with Gasteiger partial charge in [-0.25, -0.2) is 9.37 Å². The number of carbonyl (C=O) groups is 1. The molecule has 0 saturated carbocycles. The van der Waals surface area contributed by atoms with Crippen molar-refractivity contribution >= 4 is 45.8 Å². The van der Waals surface area contributed by atoms with Crippen LogP contribution in [-0.4, -0.2) is 10.9 Å². The first kappa shape index (κ1) is 14.2. The van der Waals surface area contributed by atoms with Crippen LogP contribution in [0.1, 0.15) is 16.1 Å². The Morgan fingerprint density at radius 3 is 2.74 bits per heavy atom. The summed E-state index contributed by atoms with van der Waals surface area (Å²) < 4.78 is 13.5. The van der Waals surface area contributed by atoms with Crippen molar-refractivity contribution in [3.05, 3.63) is 56.1 Å². The van der Waals surface area contributed by atoms with Crippen LogP contribution < -0.4 is 5.32 Å². The molecule has 0 atom stereocenters. The van der Waals surface area contributed by atoms with Gasteiger partial charge in [0, 0.05) is 3.57 Å². The molecule has 19 heavy (non-hydrogen) atoms. The highest BCUT2D eigenvalue weighted by Gasteiger charge is 2.12. The lowest BCUT2D eigenvalue weighted by molar-refractivity contribution is 0.102. The van der Waals surface area contributed by atoms with E-state index in [1.165, 1.54) is 18.2 Å². The second-order valence-electron chi connectivity index (χ2n) is 3.85. The first-order valence-electron chi connectivity index (χ1n) is 5.37. The van der Waals surface area contributed by atoms with Gasteiger partial charge in [-0.2, -0.15) is 0 Å². The van der Waals surface area contributed by atoms with Gasteiger partial charge in [-0.1, -0.05) is 11.6 Å². The minimum Gasteiger partial charge on any atom is -0.320 e. The predicted octanol–water partition coefficient (Wildman–Crippen LogP) is 4.04. The molecule has 1 aromatic carbocycles. The Hall–Kier alpha value is -1.21. The maximum Gasteiger partial charge on any atom is 0.256 e. The number of nitrogens with zero attached hydrogens (tertiary/aromatic N) is 1. The second kappa shape index (κ2) is 5.83. The zero-order chi connectivity index (χ0) is 14.0. The molecule has 0 fully saturated rings. The van der Waals surface area contributed by atoms with Gasteiger partial charge in [0.2, 0.25) is 0 Å². The number of carbonyl (C=O) groups excluding carboxylic acids is 1. The highest BCUT2D eigenvalue weighted by Crippen LogP contribution is 2.19. The smallest absolute Gasteiger partial charge is 0.256 e. The van der Waals surface area contributed by atoms with Crippen molar-refractivity contribution in [2.24, 2.45) is 0 Å². The van der Waals surface area contributed by atoms with E-state index >= 15 is 0 Å². The highest BCUT2D eigenvalue weighted by atomic mass is 127. The number of nitrogens with one attached hydrogen (secondary N) is 1. The van der Waals surface area contributed by atoms with Gasteiger partial charge in [0.25, 0.3) is 5.91 Å². The molecule has 2 aromatic rings. The molecule has 98 valence electrons. The summed E-state index contributed by atoms with van der Waals surface area (Å²) in [6, 6.07) is 7.29. The molecule has 1 amide bonds. The number of pyridine rings is 1. The van der Waals surface area contributed by atoms with Crippen molar-refractivity contribution in [3.63, 3.8) is 0 Å². The molecule has 0 bridgehead atoms. The van der Waals surface area contributed by atoms with Gasteiger partial charge in [0.05, 0.1) is 16.9 Å². The van der Waals surface area contributed by atoms with Crippen LogP contribution in [-0.2, 0) is 0 Å². The van der Waals surface area contributed by atoms with Gasteiger partial charge in [0.1, 0.15) is 11.0 Å². The average Bonchev–Trinajstić information content (AvgIpc) is 2.32. The summed E-state index contributed by atoms with van der Waals surface area (Å²) in [6.45, 7) is 1.75. The van der Waals surface area contributed by atoms with Crippen molar-refractivity contribution in [2.75, 3.05) is 5.32 Å². The fourth-order valence-electron chi connectivity index (χ4n) is 1.53. The van der Waals surface area contributed by atoms with Crippen LogP contribution in [0.25, 0.3) is 0 Å². The van der Waals surface area contributed by atoms with E-state index in [-0.39, 0.29) is 11.7 Å². The standard InChI is InChI=1S/C13H9ClFIN2O/c1-7-11(4-5-12(14)17-7)18-13(19)9-3-2-8(15)6-10(9)16/h2-6H,1H3,(H,18,19). The van der Waals surface area contributed by atoms with E-state index in [1.807, 2.05) is 22.6 Å². The van der Waals surface area contributed by atoms with Gasteiger partial charge < -0.3 is 5.32 Å². The summed E-state index contributed by atoms with van der Waals surface area (Å²) in [5, 5.41) is 3.09. The summed E-state index contributed by atoms with van der Waals surface area (Å²) >= 11 is 7.67. The van der Waals surface area contributed by atoms with Crippen molar-refractivity contribution in [2.45, 2.75) is 6.92 Å². The van der Waals surface area contributed by atoms with E-state index in [0.717, 1.165) is 0 Å². The van der Waals surface area contributed by atoms with Crippen LogP contribution in [0.2, 0.25) is 5.15 Å². The Morgan fingerprint density at radius 2 is 2.11 bits per heavy atom. The van der Waals surface area contributed by atoms with E-state index in [1.54, 1.807) is 19.1 Å². The van der Waals surface area contributed by atoms with E-state index in [4.69, 9.17) is 11.6 Å². The Morgan fingerprint density at radius 1 is 1.37 bits per heavy atom. The first-order valence-corrected chi connectivity index (χ1v) is 6.82. The Balaban J connectivity index is 2.25. The van der Waals surface area contributed by atoms with Crippen molar-refractivity contribution in [1.29, 1.82) is 0 Å². The third kappa shape index (κ3) is 3.42. The predicted molar refractivity (Wildman–Crippen MR) is 81.1 cm³/mol. The van der Waals surface area contributed by atoms with Crippen molar-refractivity contribution in [3.8, 4) is 0 Å². The van der Waals surface area contributed by atoms with Gasteiger partial charge in [0.15, 0.2) is 0 Å². The summed E-state index contributed by atoms with van der Waals surface area (Å²) in [5.74, 6) is -0.679. The number of benzene rings is 1. The monoisotopic (exact) mass is 390 g/mol. The van der Waals surface area contributed by atoms with Crippen molar-refractivity contribution < 1.29 is 9.18 Å². The maximum atomic E-state index is 13.0. The number of aromatic nitrogens is 1. The van der Waals surface area contributed by atoms with Crippen LogP contribution in [0.5, 0.6) is 0 Å². The molecule has 0 spiro atoms. The van der Waals surface area contributed by atoms with Crippen LogP contribution in [0.15, 0.2) is 30.3 Å².